The van der Waals surface area contributed by atoms with Crippen molar-refractivity contribution in [2.45, 2.75) is 37.7 Å². The van der Waals surface area contributed by atoms with Crippen molar-refractivity contribution >= 4 is 11.9 Å². The molecule has 1 saturated heterocycles. The molecule has 1 amide bonds. The smallest absolute Gasteiger partial charge is 0.334 e. The van der Waals surface area contributed by atoms with Crippen molar-refractivity contribution in [3.8, 4) is 0 Å². The highest BCUT2D eigenvalue weighted by Crippen LogP contribution is 2.34. The van der Waals surface area contributed by atoms with Gasteiger partial charge in [0.05, 0.1) is 13.2 Å². The van der Waals surface area contributed by atoms with Crippen molar-refractivity contribution in [2.75, 3.05) is 19.7 Å². The van der Waals surface area contributed by atoms with E-state index in [0.29, 0.717) is 19.6 Å². The lowest BCUT2D eigenvalue weighted by molar-refractivity contribution is -0.159. The summed E-state index contributed by atoms with van der Waals surface area (Å²) in [6.07, 6.45) is 2.78. The van der Waals surface area contributed by atoms with Crippen molar-refractivity contribution in [1.29, 1.82) is 0 Å². The molecule has 0 bridgehead atoms. The molecule has 0 radical (unpaired) electrons. The first-order chi connectivity index (χ1) is 10.6. The molecule has 118 valence electrons. The van der Waals surface area contributed by atoms with Crippen molar-refractivity contribution < 1.29 is 19.4 Å². The lowest BCUT2D eigenvalue weighted by Gasteiger charge is -2.33. The normalized spacial score (nSPS) is 24.6. The molecule has 1 N–H and O–H groups in total. The summed E-state index contributed by atoms with van der Waals surface area (Å²) < 4.78 is 5.17. The zero-order valence-corrected chi connectivity index (χ0v) is 12.5. The second-order valence-corrected chi connectivity index (χ2v) is 6.03. The van der Waals surface area contributed by atoms with Gasteiger partial charge in [-0.2, -0.15) is 0 Å². The molecule has 0 aromatic heterocycles. The van der Waals surface area contributed by atoms with Crippen LogP contribution in [0.4, 0.5) is 0 Å². The number of carboxylic acid groups (broad SMARTS) is 1. The average molecular weight is 303 g/mol. The topological polar surface area (TPSA) is 66.8 Å². The summed E-state index contributed by atoms with van der Waals surface area (Å²) in [5.41, 5.74) is 2.63. The zero-order chi connectivity index (χ0) is 15.5. The molecule has 0 unspecified atom stereocenters. The lowest BCUT2D eigenvalue weighted by Crippen LogP contribution is -2.48. The maximum atomic E-state index is 12.5. The monoisotopic (exact) mass is 303 g/mol. The molecule has 1 heterocycles. The van der Waals surface area contributed by atoms with Gasteiger partial charge >= 0.3 is 5.97 Å². The van der Waals surface area contributed by atoms with Gasteiger partial charge in [0.1, 0.15) is 0 Å². The van der Waals surface area contributed by atoms with E-state index in [-0.39, 0.29) is 18.4 Å². The molecule has 2 atom stereocenters. The number of morpholine rings is 1. The number of nitrogens with zero attached hydrogens (tertiary/aromatic N) is 1. The van der Waals surface area contributed by atoms with Gasteiger partial charge in [-0.1, -0.05) is 24.3 Å². The fraction of sp³-hybridized carbons (Fsp3) is 0.529. The van der Waals surface area contributed by atoms with Crippen molar-refractivity contribution in [3.05, 3.63) is 35.4 Å². The molecule has 0 saturated carbocycles. The van der Waals surface area contributed by atoms with Crippen molar-refractivity contribution in [1.82, 2.24) is 4.90 Å². The van der Waals surface area contributed by atoms with Crippen LogP contribution in [-0.2, 0) is 20.7 Å². The first-order valence-corrected chi connectivity index (χ1v) is 7.85. The Labute approximate surface area is 129 Å². The third-order valence-electron chi connectivity index (χ3n) is 4.61. The standard InChI is InChI=1S/C17H21NO4/c19-16(18-8-9-22-15(11-18)17(20)21)10-13-6-3-5-12-4-1-2-7-14(12)13/h1-2,4,7,13,15H,3,5-6,8-11H2,(H,20,21)/t13-,15+/m0/s1. The maximum Gasteiger partial charge on any atom is 0.334 e. The molecular formula is C17H21NO4. The Bertz CT molecular complexity index is 572. The first kappa shape index (κ1) is 15.0. The number of carbonyl (C=O) groups excluding carboxylic acids is 1. The Kier molecular flexibility index (Phi) is 4.43. The van der Waals surface area contributed by atoms with Gasteiger partial charge in [-0.25, -0.2) is 4.79 Å². The van der Waals surface area contributed by atoms with E-state index in [1.54, 1.807) is 4.90 Å². The Hall–Kier alpha value is -1.88. The summed E-state index contributed by atoms with van der Waals surface area (Å²) in [4.78, 5) is 25.2. The number of carbonyl (C=O) groups is 2. The molecule has 1 fully saturated rings. The fourth-order valence-corrected chi connectivity index (χ4v) is 3.43. The van der Waals surface area contributed by atoms with E-state index in [1.165, 1.54) is 11.1 Å². The zero-order valence-electron chi connectivity index (χ0n) is 12.5. The van der Waals surface area contributed by atoms with Crippen LogP contribution in [0.5, 0.6) is 0 Å². The Morgan fingerprint density at radius 2 is 2.14 bits per heavy atom. The quantitative estimate of drug-likeness (QED) is 0.925. The van der Waals surface area contributed by atoms with Gasteiger partial charge in [0.25, 0.3) is 0 Å². The van der Waals surface area contributed by atoms with E-state index in [9.17, 15) is 9.59 Å². The number of ether oxygens (including phenoxy) is 1. The van der Waals surface area contributed by atoms with Crippen LogP contribution in [0.15, 0.2) is 24.3 Å². The summed E-state index contributed by atoms with van der Waals surface area (Å²) in [7, 11) is 0. The highest BCUT2D eigenvalue weighted by atomic mass is 16.5. The SMILES string of the molecule is O=C(O)[C@H]1CN(C(=O)C[C@@H]2CCCc3ccccc32)CCO1. The van der Waals surface area contributed by atoms with Crippen molar-refractivity contribution in [3.63, 3.8) is 0 Å². The van der Waals surface area contributed by atoms with Gasteiger partial charge in [-0.05, 0) is 36.3 Å². The predicted octanol–water partition coefficient (Wildman–Crippen LogP) is 1.81. The predicted molar refractivity (Wildman–Crippen MR) is 80.7 cm³/mol. The van der Waals surface area contributed by atoms with Crippen LogP contribution in [0.25, 0.3) is 0 Å². The molecule has 3 rings (SSSR count). The molecule has 5 heteroatoms. The maximum absolute atomic E-state index is 12.5. The van der Waals surface area contributed by atoms with Crippen LogP contribution < -0.4 is 0 Å². The second-order valence-electron chi connectivity index (χ2n) is 6.03. The number of rotatable bonds is 3. The summed E-state index contributed by atoms with van der Waals surface area (Å²) in [6, 6.07) is 8.33. The molecule has 1 aromatic carbocycles. The van der Waals surface area contributed by atoms with E-state index in [4.69, 9.17) is 9.84 Å². The minimum absolute atomic E-state index is 0.0382. The molecule has 1 aliphatic heterocycles. The highest BCUT2D eigenvalue weighted by Gasteiger charge is 2.31. The van der Waals surface area contributed by atoms with E-state index in [1.807, 2.05) is 12.1 Å². The summed E-state index contributed by atoms with van der Waals surface area (Å²) in [6.45, 7) is 0.934. The average Bonchev–Trinajstić information content (AvgIpc) is 2.55. The van der Waals surface area contributed by atoms with Crippen LogP contribution >= 0.6 is 0 Å². The Balaban J connectivity index is 1.66. The molecule has 0 spiro atoms. The number of fused-ring (bicyclic) bond motifs is 1. The number of benzene rings is 1. The summed E-state index contributed by atoms with van der Waals surface area (Å²) >= 11 is 0. The Morgan fingerprint density at radius 3 is 2.95 bits per heavy atom. The third kappa shape index (κ3) is 3.14. The van der Waals surface area contributed by atoms with Crippen molar-refractivity contribution in [2.24, 2.45) is 0 Å². The minimum Gasteiger partial charge on any atom is -0.479 e. The van der Waals surface area contributed by atoms with Gasteiger partial charge in [-0.3, -0.25) is 4.79 Å². The third-order valence-corrected chi connectivity index (χ3v) is 4.61. The van der Waals surface area contributed by atoms with Gasteiger partial charge < -0.3 is 14.7 Å². The van der Waals surface area contributed by atoms with Crippen LogP contribution in [0, 0.1) is 0 Å². The van der Waals surface area contributed by atoms with Gasteiger partial charge in [0.15, 0.2) is 6.10 Å². The second kappa shape index (κ2) is 6.48. The summed E-state index contributed by atoms with van der Waals surface area (Å²) in [5, 5.41) is 9.03. The van der Waals surface area contributed by atoms with Crippen LogP contribution in [0.1, 0.15) is 36.3 Å². The fourth-order valence-electron chi connectivity index (χ4n) is 3.43. The van der Waals surface area contributed by atoms with Gasteiger partial charge in [0, 0.05) is 13.0 Å². The van der Waals surface area contributed by atoms with Gasteiger partial charge in [-0.15, -0.1) is 0 Å². The molecular weight excluding hydrogens is 282 g/mol. The molecule has 1 aliphatic carbocycles. The molecule has 22 heavy (non-hydrogen) atoms. The molecule has 2 aliphatic rings. The Morgan fingerprint density at radius 1 is 1.32 bits per heavy atom. The number of aryl methyl sites for hydroxylation is 1. The summed E-state index contributed by atoms with van der Waals surface area (Å²) in [5.74, 6) is -0.708. The number of aliphatic carboxylic acids is 1. The van der Waals surface area contributed by atoms with Crippen LogP contribution in [0.3, 0.4) is 0 Å². The molecule has 1 aromatic rings. The number of hydrogen-bond donors (Lipinski definition) is 1. The largest absolute Gasteiger partial charge is 0.479 e. The number of hydrogen-bond acceptors (Lipinski definition) is 3. The van der Waals surface area contributed by atoms with E-state index in [0.717, 1.165) is 19.3 Å². The van der Waals surface area contributed by atoms with Crippen LogP contribution in [-0.4, -0.2) is 47.7 Å². The minimum atomic E-state index is -1.000. The molecule has 5 nitrogen and oxygen atoms in total. The van der Waals surface area contributed by atoms with Gasteiger partial charge in [0.2, 0.25) is 5.91 Å². The highest BCUT2D eigenvalue weighted by molar-refractivity contribution is 5.79. The van der Waals surface area contributed by atoms with Crippen LogP contribution in [0.2, 0.25) is 0 Å². The van der Waals surface area contributed by atoms with E-state index < -0.39 is 12.1 Å². The lowest BCUT2D eigenvalue weighted by atomic mass is 9.81. The first-order valence-electron chi connectivity index (χ1n) is 7.85. The van der Waals surface area contributed by atoms with E-state index >= 15 is 0 Å². The number of amides is 1. The van der Waals surface area contributed by atoms with E-state index in [2.05, 4.69) is 12.1 Å². The number of carboxylic acids is 1.